The first-order valence-electron chi connectivity index (χ1n) is 6.74. The number of sulfonamides is 1. The fourth-order valence-corrected chi connectivity index (χ4v) is 6.27. The third kappa shape index (κ3) is 3.56. The van der Waals surface area contributed by atoms with Crippen molar-refractivity contribution < 1.29 is 21.6 Å². The van der Waals surface area contributed by atoms with E-state index in [1.165, 1.54) is 0 Å². The number of rotatable bonds is 4. The van der Waals surface area contributed by atoms with E-state index in [1.54, 1.807) is 0 Å². The minimum Gasteiger partial charge on any atom is -0.492 e. The predicted molar refractivity (Wildman–Crippen MR) is 78.5 cm³/mol. The molecule has 2 heterocycles. The van der Waals surface area contributed by atoms with E-state index < -0.39 is 19.9 Å². The normalized spacial score (nSPS) is 24.7. The maximum atomic E-state index is 12.1. The molecule has 1 atom stereocenters. The fourth-order valence-electron chi connectivity index (χ4n) is 2.78. The molecule has 0 bridgehead atoms. The van der Waals surface area contributed by atoms with Gasteiger partial charge in [-0.15, -0.1) is 0 Å². The SMILES string of the molecule is O=S1(=O)CC(CS(=O)(=O)NC2COc3ccccc3C2)C1. The summed E-state index contributed by atoms with van der Waals surface area (Å²) in [5.41, 5.74) is 0.975. The Morgan fingerprint density at radius 2 is 1.95 bits per heavy atom. The van der Waals surface area contributed by atoms with Gasteiger partial charge in [-0.05, 0) is 18.1 Å². The molecule has 0 aliphatic carbocycles. The summed E-state index contributed by atoms with van der Waals surface area (Å²) in [6.45, 7) is 0.291. The highest BCUT2D eigenvalue weighted by Gasteiger charge is 2.37. The molecule has 0 amide bonds. The van der Waals surface area contributed by atoms with E-state index in [2.05, 4.69) is 4.72 Å². The van der Waals surface area contributed by atoms with Crippen LogP contribution in [0, 0.1) is 5.92 Å². The van der Waals surface area contributed by atoms with Crippen LogP contribution in [0.2, 0.25) is 0 Å². The molecule has 2 aliphatic heterocycles. The van der Waals surface area contributed by atoms with Crippen molar-refractivity contribution >= 4 is 19.9 Å². The molecule has 2 aliphatic rings. The summed E-state index contributed by atoms with van der Waals surface area (Å²) in [7, 11) is -6.48. The molecule has 0 radical (unpaired) electrons. The highest BCUT2D eigenvalue weighted by Crippen LogP contribution is 2.25. The van der Waals surface area contributed by atoms with Crippen LogP contribution >= 0.6 is 0 Å². The van der Waals surface area contributed by atoms with Crippen LogP contribution in [0.25, 0.3) is 0 Å². The molecule has 0 saturated carbocycles. The molecule has 8 heteroatoms. The van der Waals surface area contributed by atoms with Gasteiger partial charge in [0, 0.05) is 5.92 Å². The molecule has 116 valence electrons. The molecule has 21 heavy (non-hydrogen) atoms. The van der Waals surface area contributed by atoms with E-state index in [4.69, 9.17) is 4.74 Å². The molecule has 0 spiro atoms. The molecule has 3 rings (SSSR count). The Kier molecular flexibility index (Phi) is 3.71. The molecular formula is C13H17NO5S2. The molecule has 1 fully saturated rings. The van der Waals surface area contributed by atoms with Crippen LogP contribution in [-0.2, 0) is 26.3 Å². The first-order valence-corrected chi connectivity index (χ1v) is 10.2. The number of ether oxygens (including phenoxy) is 1. The average Bonchev–Trinajstić information content (AvgIpc) is 2.35. The zero-order valence-corrected chi connectivity index (χ0v) is 13.0. The largest absolute Gasteiger partial charge is 0.492 e. The smallest absolute Gasteiger partial charge is 0.212 e. The Morgan fingerprint density at radius 3 is 2.67 bits per heavy atom. The van der Waals surface area contributed by atoms with Gasteiger partial charge in [0.25, 0.3) is 0 Å². The van der Waals surface area contributed by atoms with Crippen molar-refractivity contribution in [2.75, 3.05) is 23.9 Å². The lowest BCUT2D eigenvalue weighted by atomic mass is 10.0. The van der Waals surface area contributed by atoms with Crippen molar-refractivity contribution in [1.82, 2.24) is 4.72 Å². The second kappa shape index (κ2) is 5.26. The van der Waals surface area contributed by atoms with Gasteiger partial charge in [-0.2, -0.15) is 0 Å². The van der Waals surface area contributed by atoms with E-state index in [9.17, 15) is 16.8 Å². The Hall–Kier alpha value is -1.12. The van der Waals surface area contributed by atoms with Gasteiger partial charge in [0.15, 0.2) is 9.84 Å². The molecule has 1 N–H and O–H groups in total. The summed E-state index contributed by atoms with van der Waals surface area (Å²) in [4.78, 5) is 0. The van der Waals surface area contributed by atoms with E-state index in [-0.39, 0.29) is 29.2 Å². The Morgan fingerprint density at radius 1 is 1.24 bits per heavy atom. The van der Waals surface area contributed by atoms with Crippen molar-refractivity contribution in [2.45, 2.75) is 12.5 Å². The van der Waals surface area contributed by atoms with E-state index >= 15 is 0 Å². The summed E-state index contributed by atoms with van der Waals surface area (Å²) in [6.07, 6.45) is 0.582. The monoisotopic (exact) mass is 331 g/mol. The lowest BCUT2D eigenvalue weighted by Gasteiger charge is -2.28. The van der Waals surface area contributed by atoms with Crippen LogP contribution in [0.1, 0.15) is 5.56 Å². The topological polar surface area (TPSA) is 89.5 Å². The van der Waals surface area contributed by atoms with Crippen LogP contribution in [-0.4, -0.2) is 46.7 Å². The van der Waals surface area contributed by atoms with Gasteiger partial charge in [-0.25, -0.2) is 21.6 Å². The Labute approximate surface area is 124 Å². The maximum absolute atomic E-state index is 12.1. The van der Waals surface area contributed by atoms with Crippen LogP contribution in [0.3, 0.4) is 0 Å². The lowest BCUT2D eigenvalue weighted by molar-refractivity contribution is 0.254. The zero-order chi connectivity index (χ0) is 15.1. The van der Waals surface area contributed by atoms with Crippen molar-refractivity contribution in [2.24, 2.45) is 5.92 Å². The van der Waals surface area contributed by atoms with Crippen LogP contribution in [0.5, 0.6) is 5.75 Å². The summed E-state index contributed by atoms with van der Waals surface area (Å²) in [5, 5.41) is 0. The number of para-hydroxylation sites is 1. The van der Waals surface area contributed by atoms with Crippen LogP contribution in [0.15, 0.2) is 24.3 Å². The van der Waals surface area contributed by atoms with Crippen LogP contribution < -0.4 is 9.46 Å². The van der Waals surface area contributed by atoms with E-state index in [0.29, 0.717) is 13.0 Å². The number of sulfone groups is 1. The van der Waals surface area contributed by atoms with Gasteiger partial charge >= 0.3 is 0 Å². The standard InChI is InChI=1S/C13H17NO5S2/c15-20(16)7-10(8-20)9-21(17,18)14-12-5-11-3-1-2-4-13(11)19-6-12/h1-4,10,12,14H,5-9H2. The van der Waals surface area contributed by atoms with Gasteiger partial charge < -0.3 is 4.74 Å². The van der Waals surface area contributed by atoms with Crippen molar-refractivity contribution in [3.63, 3.8) is 0 Å². The lowest BCUT2D eigenvalue weighted by Crippen LogP contribution is -2.48. The average molecular weight is 331 g/mol. The van der Waals surface area contributed by atoms with Crippen molar-refractivity contribution in [1.29, 1.82) is 0 Å². The highest BCUT2D eigenvalue weighted by atomic mass is 32.2. The number of benzene rings is 1. The maximum Gasteiger partial charge on any atom is 0.212 e. The minimum atomic E-state index is -3.49. The predicted octanol–water partition coefficient (Wildman–Crippen LogP) is -0.0459. The van der Waals surface area contributed by atoms with Gasteiger partial charge in [0.05, 0.1) is 23.3 Å². The molecule has 1 unspecified atom stereocenters. The number of fused-ring (bicyclic) bond motifs is 1. The first kappa shape index (κ1) is 14.8. The summed E-state index contributed by atoms with van der Waals surface area (Å²) in [6, 6.07) is 7.23. The molecule has 0 aromatic heterocycles. The van der Waals surface area contributed by atoms with Crippen molar-refractivity contribution in [3.8, 4) is 5.75 Å². The second-order valence-corrected chi connectivity index (χ2v) is 9.61. The third-order valence-electron chi connectivity index (χ3n) is 3.66. The molecular weight excluding hydrogens is 314 g/mol. The molecule has 6 nitrogen and oxygen atoms in total. The molecule has 1 aromatic carbocycles. The second-order valence-electron chi connectivity index (χ2n) is 5.66. The van der Waals surface area contributed by atoms with E-state index in [0.717, 1.165) is 11.3 Å². The number of hydrogen-bond acceptors (Lipinski definition) is 5. The molecule has 1 aromatic rings. The van der Waals surface area contributed by atoms with Gasteiger partial charge in [0.2, 0.25) is 10.0 Å². The summed E-state index contributed by atoms with van der Waals surface area (Å²) >= 11 is 0. The Bertz CT molecular complexity index is 730. The van der Waals surface area contributed by atoms with E-state index in [1.807, 2.05) is 24.3 Å². The first-order chi connectivity index (χ1) is 9.83. The number of hydrogen-bond donors (Lipinski definition) is 1. The van der Waals surface area contributed by atoms with Gasteiger partial charge in [-0.1, -0.05) is 18.2 Å². The third-order valence-corrected chi connectivity index (χ3v) is 7.22. The van der Waals surface area contributed by atoms with Gasteiger partial charge in [-0.3, -0.25) is 0 Å². The highest BCUT2D eigenvalue weighted by molar-refractivity contribution is 7.93. The molecule has 1 saturated heterocycles. The fraction of sp³-hybridized carbons (Fsp3) is 0.538. The summed E-state index contributed by atoms with van der Waals surface area (Å²) < 4.78 is 54.4. The number of nitrogens with one attached hydrogen (secondary N) is 1. The van der Waals surface area contributed by atoms with Crippen molar-refractivity contribution in [3.05, 3.63) is 29.8 Å². The summed E-state index contributed by atoms with van der Waals surface area (Å²) in [5.74, 6) is 0.308. The minimum absolute atomic E-state index is 0.0299. The van der Waals surface area contributed by atoms with Gasteiger partial charge in [0.1, 0.15) is 12.4 Å². The quantitative estimate of drug-likeness (QED) is 0.836. The Balaban J connectivity index is 1.59. The van der Waals surface area contributed by atoms with Crippen LogP contribution in [0.4, 0.5) is 0 Å². The zero-order valence-electron chi connectivity index (χ0n) is 11.4.